The number of hydrogen-bond donors (Lipinski definition) is 2. The fraction of sp³-hybridized carbons (Fsp3) is 0.533. The van der Waals surface area contributed by atoms with Crippen LogP contribution in [-0.2, 0) is 16.1 Å². The van der Waals surface area contributed by atoms with Crippen molar-refractivity contribution >= 4 is 11.8 Å². The van der Waals surface area contributed by atoms with Gasteiger partial charge in [-0.3, -0.25) is 14.6 Å². The summed E-state index contributed by atoms with van der Waals surface area (Å²) >= 11 is 0. The van der Waals surface area contributed by atoms with Gasteiger partial charge in [0.25, 0.3) is 0 Å². The van der Waals surface area contributed by atoms with Gasteiger partial charge in [-0.2, -0.15) is 0 Å². The van der Waals surface area contributed by atoms with Crippen molar-refractivity contribution in [2.24, 2.45) is 11.8 Å². The minimum absolute atomic E-state index is 0.0604. The number of carbonyl (C=O) groups is 2. The first-order valence-corrected chi connectivity index (χ1v) is 7.02. The molecular weight excluding hydrogens is 254 g/mol. The predicted octanol–water partition coefficient (Wildman–Crippen LogP) is 1.17. The van der Waals surface area contributed by atoms with E-state index in [9.17, 15) is 9.59 Å². The van der Waals surface area contributed by atoms with Gasteiger partial charge in [0.1, 0.15) is 0 Å². The average molecular weight is 275 g/mol. The molecule has 5 nitrogen and oxygen atoms in total. The standard InChI is InChI=1S/C15H21N3O2/c1-10-7-13(10)15(20)16-6-5-14(19)18-9-12-4-3-11(2)17-8-12/h3-4,8,10,13H,5-7,9H2,1-2H3,(H,16,20)(H,18,19)/t10-,13+/m1/s1. The van der Waals surface area contributed by atoms with E-state index in [1.54, 1.807) is 6.20 Å². The Morgan fingerprint density at radius 1 is 1.35 bits per heavy atom. The highest BCUT2D eigenvalue weighted by Crippen LogP contribution is 2.37. The Kier molecular flexibility index (Phi) is 4.71. The lowest BCUT2D eigenvalue weighted by Gasteiger charge is -2.06. The van der Waals surface area contributed by atoms with E-state index >= 15 is 0 Å². The molecular formula is C15H21N3O2. The molecule has 0 spiro atoms. The molecule has 108 valence electrons. The fourth-order valence-electron chi connectivity index (χ4n) is 2.01. The second-order valence-electron chi connectivity index (χ2n) is 5.45. The Morgan fingerprint density at radius 3 is 2.70 bits per heavy atom. The van der Waals surface area contributed by atoms with Crippen LogP contribution in [0, 0.1) is 18.8 Å². The maximum absolute atomic E-state index is 11.6. The van der Waals surface area contributed by atoms with Crippen LogP contribution in [-0.4, -0.2) is 23.3 Å². The lowest BCUT2D eigenvalue weighted by Crippen LogP contribution is -2.31. The molecule has 0 aromatic carbocycles. The molecule has 2 rings (SSSR count). The Hall–Kier alpha value is -1.91. The van der Waals surface area contributed by atoms with Crippen molar-refractivity contribution in [3.05, 3.63) is 29.6 Å². The summed E-state index contributed by atoms with van der Waals surface area (Å²) in [5, 5.41) is 5.61. The maximum Gasteiger partial charge on any atom is 0.223 e. The smallest absolute Gasteiger partial charge is 0.223 e. The Balaban J connectivity index is 1.60. The van der Waals surface area contributed by atoms with Crippen LogP contribution >= 0.6 is 0 Å². The van der Waals surface area contributed by atoms with Crippen molar-refractivity contribution in [1.82, 2.24) is 15.6 Å². The number of nitrogens with one attached hydrogen (secondary N) is 2. The van der Waals surface area contributed by atoms with Crippen LogP contribution in [0.25, 0.3) is 0 Å². The lowest BCUT2D eigenvalue weighted by atomic mass is 10.2. The summed E-state index contributed by atoms with van der Waals surface area (Å²) in [4.78, 5) is 27.4. The molecule has 5 heteroatoms. The molecule has 1 aliphatic rings. The van der Waals surface area contributed by atoms with Crippen molar-refractivity contribution in [2.75, 3.05) is 6.54 Å². The highest BCUT2D eigenvalue weighted by molar-refractivity contribution is 5.82. The van der Waals surface area contributed by atoms with E-state index in [0.29, 0.717) is 25.4 Å². The summed E-state index contributed by atoms with van der Waals surface area (Å²) in [6, 6.07) is 3.86. The molecule has 0 radical (unpaired) electrons. The van der Waals surface area contributed by atoms with Gasteiger partial charge in [0.05, 0.1) is 0 Å². The van der Waals surface area contributed by atoms with E-state index in [1.165, 1.54) is 0 Å². The lowest BCUT2D eigenvalue weighted by molar-refractivity contribution is -0.123. The summed E-state index contributed by atoms with van der Waals surface area (Å²) < 4.78 is 0. The van der Waals surface area contributed by atoms with Gasteiger partial charge in [-0.25, -0.2) is 0 Å². The number of carbonyl (C=O) groups excluding carboxylic acids is 2. The highest BCUT2D eigenvalue weighted by atomic mass is 16.2. The maximum atomic E-state index is 11.6. The zero-order valence-corrected chi connectivity index (χ0v) is 12.0. The molecule has 1 aliphatic carbocycles. The summed E-state index contributed by atoms with van der Waals surface area (Å²) in [7, 11) is 0. The third kappa shape index (κ3) is 4.33. The SMILES string of the molecule is Cc1ccc(CNC(=O)CCNC(=O)[C@H]2C[C@H]2C)cn1. The molecule has 0 aliphatic heterocycles. The van der Waals surface area contributed by atoms with Gasteiger partial charge < -0.3 is 10.6 Å². The van der Waals surface area contributed by atoms with Gasteiger partial charge in [0, 0.05) is 37.3 Å². The number of pyridine rings is 1. The summed E-state index contributed by atoms with van der Waals surface area (Å²) in [5.41, 5.74) is 1.93. The molecule has 0 bridgehead atoms. The second kappa shape index (κ2) is 6.50. The zero-order chi connectivity index (χ0) is 14.5. The predicted molar refractivity (Wildman–Crippen MR) is 75.7 cm³/mol. The second-order valence-corrected chi connectivity index (χ2v) is 5.45. The first-order chi connectivity index (χ1) is 9.56. The molecule has 2 atom stereocenters. The number of amides is 2. The molecule has 1 saturated carbocycles. The highest BCUT2D eigenvalue weighted by Gasteiger charge is 2.38. The molecule has 2 N–H and O–H groups in total. The minimum Gasteiger partial charge on any atom is -0.355 e. The Bertz CT molecular complexity index is 484. The molecule has 0 saturated heterocycles. The number of aromatic nitrogens is 1. The van der Waals surface area contributed by atoms with E-state index in [2.05, 4.69) is 22.5 Å². The van der Waals surface area contributed by atoms with Gasteiger partial charge in [0.2, 0.25) is 11.8 Å². The zero-order valence-electron chi connectivity index (χ0n) is 12.0. The molecule has 1 fully saturated rings. The third-order valence-electron chi connectivity index (χ3n) is 3.56. The van der Waals surface area contributed by atoms with Crippen LogP contribution < -0.4 is 10.6 Å². The van der Waals surface area contributed by atoms with Crippen molar-refractivity contribution in [1.29, 1.82) is 0 Å². The topological polar surface area (TPSA) is 71.1 Å². The monoisotopic (exact) mass is 275 g/mol. The van der Waals surface area contributed by atoms with Crippen LogP contribution in [0.15, 0.2) is 18.3 Å². The largest absolute Gasteiger partial charge is 0.355 e. The summed E-state index contributed by atoms with van der Waals surface area (Å²) in [6.45, 7) is 4.86. The first-order valence-electron chi connectivity index (χ1n) is 7.02. The minimum atomic E-state index is -0.0604. The fourth-order valence-corrected chi connectivity index (χ4v) is 2.01. The number of nitrogens with zero attached hydrogens (tertiary/aromatic N) is 1. The van der Waals surface area contributed by atoms with Gasteiger partial charge in [-0.1, -0.05) is 13.0 Å². The Labute approximate surface area is 119 Å². The molecule has 1 aromatic heterocycles. The third-order valence-corrected chi connectivity index (χ3v) is 3.56. The molecule has 2 amide bonds. The van der Waals surface area contributed by atoms with Crippen molar-refractivity contribution in [3.63, 3.8) is 0 Å². The van der Waals surface area contributed by atoms with Crippen LogP contribution in [0.2, 0.25) is 0 Å². The first kappa shape index (κ1) is 14.5. The van der Waals surface area contributed by atoms with Crippen molar-refractivity contribution in [3.8, 4) is 0 Å². The van der Waals surface area contributed by atoms with E-state index in [0.717, 1.165) is 17.7 Å². The molecule has 20 heavy (non-hydrogen) atoms. The number of hydrogen-bond acceptors (Lipinski definition) is 3. The normalized spacial score (nSPS) is 20.3. The van der Waals surface area contributed by atoms with Gasteiger partial charge in [0.15, 0.2) is 0 Å². The van der Waals surface area contributed by atoms with Crippen LogP contribution in [0.1, 0.15) is 31.0 Å². The molecule has 1 heterocycles. The molecule has 1 aromatic rings. The van der Waals surface area contributed by atoms with Crippen LogP contribution in [0.5, 0.6) is 0 Å². The van der Waals surface area contributed by atoms with E-state index in [-0.39, 0.29) is 17.7 Å². The van der Waals surface area contributed by atoms with Gasteiger partial charge >= 0.3 is 0 Å². The quantitative estimate of drug-likeness (QED) is 0.818. The Morgan fingerprint density at radius 2 is 2.10 bits per heavy atom. The number of aryl methyl sites for hydroxylation is 1. The van der Waals surface area contributed by atoms with E-state index < -0.39 is 0 Å². The number of rotatable bonds is 6. The van der Waals surface area contributed by atoms with Crippen LogP contribution in [0.4, 0.5) is 0 Å². The summed E-state index contributed by atoms with van der Waals surface area (Å²) in [5.74, 6) is 0.678. The van der Waals surface area contributed by atoms with Crippen molar-refractivity contribution < 1.29 is 9.59 Å². The average Bonchev–Trinajstić information content (AvgIpc) is 3.15. The van der Waals surface area contributed by atoms with E-state index in [4.69, 9.17) is 0 Å². The summed E-state index contributed by atoms with van der Waals surface area (Å²) in [6.07, 6.45) is 3.04. The van der Waals surface area contributed by atoms with Gasteiger partial charge in [-0.15, -0.1) is 0 Å². The molecule has 0 unspecified atom stereocenters. The van der Waals surface area contributed by atoms with Crippen LogP contribution in [0.3, 0.4) is 0 Å². The van der Waals surface area contributed by atoms with Gasteiger partial charge in [-0.05, 0) is 30.9 Å². The van der Waals surface area contributed by atoms with E-state index in [1.807, 2.05) is 19.1 Å². The van der Waals surface area contributed by atoms with Crippen molar-refractivity contribution in [2.45, 2.75) is 33.2 Å².